The van der Waals surface area contributed by atoms with Crippen molar-refractivity contribution in [2.45, 2.75) is 13.3 Å². The summed E-state index contributed by atoms with van der Waals surface area (Å²) in [5, 5.41) is 0. The highest BCUT2D eigenvalue weighted by Gasteiger charge is 2.21. The third-order valence-corrected chi connectivity index (χ3v) is 3.76. The number of nitrogens with zero attached hydrogens (tertiary/aromatic N) is 1. The van der Waals surface area contributed by atoms with Gasteiger partial charge >= 0.3 is 0 Å². The Morgan fingerprint density at radius 2 is 1.84 bits per heavy atom. The molecule has 0 aliphatic carbocycles. The molecule has 1 aliphatic rings. The number of ketones is 1. The largest absolute Gasteiger partial charge is 0.363 e. The minimum Gasteiger partial charge on any atom is -0.363 e. The molecule has 0 spiro atoms. The Bertz CT molecular complexity index is 618. The van der Waals surface area contributed by atoms with Crippen molar-refractivity contribution < 1.29 is 4.79 Å². The Balaban J connectivity index is 1.81. The summed E-state index contributed by atoms with van der Waals surface area (Å²) in [5.74, 6) is 0.204. The van der Waals surface area contributed by atoms with Crippen LogP contribution in [0.25, 0.3) is 0 Å². The molecular weight excluding hydrogens is 234 g/mol. The summed E-state index contributed by atoms with van der Waals surface area (Å²) in [6.45, 7) is 3.41. The standard InChI is InChI=1S/C17H17NO/c1-13-6-2-4-8-15(13)17(19)12-18-11-10-14-7-3-5-9-16(14)18/h2-9H,10-12H2,1H3. The summed E-state index contributed by atoms with van der Waals surface area (Å²) in [6.07, 6.45) is 1.04. The Hall–Kier alpha value is -2.09. The molecule has 2 nitrogen and oxygen atoms in total. The van der Waals surface area contributed by atoms with Crippen LogP contribution in [0, 0.1) is 6.92 Å². The van der Waals surface area contributed by atoms with E-state index >= 15 is 0 Å². The highest BCUT2D eigenvalue weighted by Crippen LogP contribution is 2.27. The van der Waals surface area contributed by atoms with E-state index in [1.807, 2.05) is 37.3 Å². The number of para-hydroxylation sites is 1. The first-order valence-electron chi connectivity index (χ1n) is 6.67. The van der Waals surface area contributed by atoms with Gasteiger partial charge in [-0.1, -0.05) is 42.5 Å². The van der Waals surface area contributed by atoms with Crippen LogP contribution >= 0.6 is 0 Å². The molecule has 1 aliphatic heterocycles. The van der Waals surface area contributed by atoms with E-state index in [1.54, 1.807) is 0 Å². The molecule has 3 rings (SSSR count). The maximum atomic E-state index is 12.4. The van der Waals surface area contributed by atoms with Gasteiger partial charge in [0.1, 0.15) is 0 Å². The van der Waals surface area contributed by atoms with Crippen LogP contribution in [-0.2, 0) is 6.42 Å². The molecule has 0 saturated heterocycles. The molecule has 0 amide bonds. The number of carbonyl (C=O) groups is 1. The molecule has 2 aromatic rings. The summed E-state index contributed by atoms with van der Waals surface area (Å²) in [5.41, 5.74) is 4.45. The predicted molar refractivity (Wildman–Crippen MR) is 77.9 cm³/mol. The molecule has 2 heteroatoms. The average molecular weight is 251 g/mol. The fourth-order valence-corrected chi connectivity index (χ4v) is 2.72. The van der Waals surface area contributed by atoms with Gasteiger partial charge in [0.05, 0.1) is 6.54 Å². The normalized spacial score (nSPS) is 13.4. The van der Waals surface area contributed by atoms with Crippen molar-refractivity contribution in [3.8, 4) is 0 Å². The fraction of sp³-hybridized carbons (Fsp3) is 0.235. The van der Waals surface area contributed by atoms with Crippen LogP contribution in [0.4, 0.5) is 5.69 Å². The van der Waals surface area contributed by atoms with Gasteiger partial charge in [-0.3, -0.25) is 4.79 Å². The van der Waals surface area contributed by atoms with Gasteiger partial charge in [0.2, 0.25) is 0 Å². The Kier molecular flexibility index (Phi) is 3.08. The van der Waals surface area contributed by atoms with Gasteiger partial charge in [0.15, 0.2) is 5.78 Å². The zero-order chi connectivity index (χ0) is 13.2. The highest BCUT2D eigenvalue weighted by atomic mass is 16.1. The van der Waals surface area contributed by atoms with Gasteiger partial charge in [-0.25, -0.2) is 0 Å². The van der Waals surface area contributed by atoms with E-state index in [2.05, 4.69) is 23.1 Å². The number of fused-ring (bicyclic) bond motifs is 1. The van der Waals surface area contributed by atoms with Gasteiger partial charge in [-0.15, -0.1) is 0 Å². The number of benzene rings is 2. The molecule has 0 fully saturated rings. The molecule has 0 N–H and O–H groups in total. The maximum Gasteiger partial charge on any atom is 0.182 e. The van der Waals surface area contributed by atoms with Crippen LogP contribution in [0.3, 0.4) is 0 Å². The molecule has 0 saturated carbocycles. The predicted octanol–water partition coefficient (Wildman–Crippen LogP) is 3.24. The molecular formula is C17H17NO. The van der Waals surface area contributed by atoms with Crippen LogP contribution in [0.1, 0.15) is 21.5 Å². The summed E-state index contributed by atoms with van der Waals surface area (Å²) in [7, 11) is 0. The SMILES string of the molecule is Cc1ccccc1C(=O)CN1CCc2ccccc21. The average Bonchev–Trinajstić information content (AvgIpc) is 2.83. The van der Waals surface area contributed by atoms with Crippen LogP contribution < -0.4 is 4.90 Å². The first-order chi connectivity index (χ1) is 9.25. The second-order valence-corrected chi connectivity index (χ2v) is 5.04. The summed E-state index contributed by atoms with van der Waals surface area (Å²) in [6, 6.07) is 16.2. The van der Waals surface area contributed by atoms with Gasteiger partial charge in [-0.2, -0.15) is 0 Å². The van der Waals surface area contributed by atoms with Crippen molar-refractivity contribution >= 4 is 11.5 Å². The minimum absolute atomic E-state index is 0.204. The van der Waals surface area contributed by atoms with Crippen molar-refractivity contribution in [2.75, 3.05) is 18.0 Å². The van der Waals surface area contributed by atoms with Gasteiger partial charge in [0.25, 0.3) is 0 Å². The zero-order valence-electron chi connectivity index (χ0n) is 11.1. The van der Waals surface area contributed by atoms with Gasteiger partial charge in [-0.05, 0) is 30.5 Å². The van der Waals surface area contributed by atoms with Crippen LogP contribution in [0.15, 0.2) is 48.5 Å². The highest BCUT2D eigenvalue weighted by molar-refractivity contribution is 6.00. The number of aryl methyl sites for hydroxylation is 1. The lowest BCUT2D eigenvalue weighted by molar-refractivity contribution is 0.0999. The molecule has 0 radical (unpaired) electrons. The quantitative estimate of drug-likeness (QED) is 0.780. The number of hydrogen-bond acceptors (Lipinski definition) is 2. The van der Waals surface area contributed by atoms with Crippen molar-refractivity contribution in [3.63, 3.8) is 0 Å². The second kappa shape index (κ2) is 4.88. The monoisotopic (exact) mass is 251 g/mol. The van der Waals surface area contributed by atoms with E-state index in [1.165, 1.54) is 11.3 Å². The molecule has 2 aromatic carbocycles. The number of Topliss-reactive ketones (excluding diaryl/α,β-unsaturated/α-hetero) is 1. The van der Waals surface area contributed by atoms with E-state index < -0.39 is 0 Å². The smallest absolute Gasteiger partial charge is 0.182 e. The van der Waals surface area contributed by atoms with Gasteiger partial charge < -0.3 is 4.90 Å². The van der Waals surface area contributed by atoms with E-state index in [-0.39, 0.29) is 5.78 Å². The molecule has 96 valence electrons. The van der Waals surface area contributed by atoms with Gasteiger partial charge in [0, 0.05) is 17.8 Å². The van der Waals surface area contributed by atoms with Crippen LogP contribution in [0.5, 0.6) is 0 Å². The summed E-state index contributed by atoms with van der Waals surface area (Å²) < 4.78 is 0. The molecule has 0 atom stereocenters. The minimum atomic E-state index is 0.204. The van der Waals surface area contributed by atoms with Crippen molar-refractivity contribution in [2.24, 2.45) is 0 Å². The Labute approximate surface area is 113 Å². The lowest BCUT2D eigenvalue weighted by Crippen LogP contribution is -2.28. The first kappa shape index (κ1) is 12.0. The second-order valence-electron chi connectivity index (χ2n) is 5.04. The van der Waals surface area contributed by atoms with Crippen molar-refractivity contribution in [1.29, 1.82) is 0 Å². The van der Waals surface area contributed by atoms with Crippen LogP contribution in [-0.4, -0.2) is 18.9 Å². The Morgan fingerprint density at radius 3 is 2.68 bits per heavy atom. The number of rotatable bonds is 3. The van der Waals surface area contributed by atoms with E-state index in [0.29, 0.717) is 6.54 Å². The molecule has 1 heterocycles. The number of carbonyl (C=O) groups excluding carboxylic acids is 1. The molecule has 19 heavy (non-hydrogen) atoms. The fourth-order valence-electron chi connectivity index (χ4n) is 2.72. The first-order valence-corrected chi connectivity index (χ1v) is 6.67. The number of anilines is 1. The maximum absolute atomic E-state index is 12.4. The van der Waals surface area contributed by atoms with E-state index in [0.717, 1.165) is 24.1 Å². The van der Waals surface area contributed by atoms with Crippen molar-refractivity contribution in [3.05, 3.63) is 65.2 Å². The van der Waals surface area contributed by atoms with Crippen molar-refractivity contribution in [1.82, 2.24) is 0 Å². The lowest BCUT2D eigenvalue weighted by atomic mass is 10.0. The lowest BCUT2D eigenvalue weighted by Gasteiger charge is -2.18. The van der Waals surface area contributed by atoms with E-state index in [9.17, 15) is 4.79 Å². The summed E-state index contributed by atoms with van der Waals surface area (Å²) >= 11 is 0. The molecule has 0 bridgehead atoms. The topological polar surface area (TPSA) is 20.3 Å². The molecule has 0 aromatic heterocycles. The zero-order valence-corrected chi connectivity index (χ0v) is 11.1. The van der Waals surface area contributed by atoms with E-state index in [4.69, 9.17) is 0 Å². The molecule has 0 unspecified atom stereocenters. The van der Waals surface area contributed by atoms with Crippen LogP contribution in [0.2, 0.25) is 0 Å². The summed E-state index contributed by atoms with van der Waals surface area (Å²) in [4.78, 5) is 14.6. The third-order valence-electron chi connectivity index (χ3n) is 3.76. The number of hydrogen-bond donors (Lipinski definition) is 0. The Morgan fingerprint density at radius 1 is 1.11 bits per heavy atom. The third kappa shape index (κ3) is 2.26.